The zero-order valence-corrected chi connectivity index (χ0v) is 12.2. The number of aliphatic hydroxyl groups is 1. The van der Waals surface area contributed by atoms with E-state index in [2.05, 4.69) is 4.98 Å². The van der Waals surface area contributed by atoms with Crippen molar-refractivity contribution in [2.75, 3.05) is 0 Å². The minimum atomic E-state index is -0.240. The first-order chi connectivity index (χ1) is 10.1. The average Bonchev–Trinajstić information content (AvgIpc) is 2.92. The fraction of sp³-hybridized carbons (Fsp3) is 0.471. The molecular weight excluding hydrogens is 264 g/mol. The van der Waals surface area contributed by atoms with E-state index >= 15 is 0 Å². The summed E-state index contributed by atoms with van der Waals surface area (Å²) in [7, 11) is 0. The van der Waals surface area contributed by atoms with E-state index < -0.39 is 0 Å². The van der Waals surface area contributed by atoms with Gasteiger partial charge >= 0.3 is 0 Å². The second-order valence-electron chi connectivity index (χ2n) is 6.39. The molecule has 4 heteroatoms. The summed E-state index contributed by atoms with van der Waals surface area (Å²) in [6.45, 7) is 1.97. The van der Waals surface area contributed by atoms with Gasteiger partial charge in [0.25, 0.3) is 5.91 Å². The minimum absolute atomic E-state index is 0.129. The summed E-state index contributed by atoms with van der Waals surface area (Å²) in [6.07, 6.45) is 3.26. The molecule has 2 bridgehead atoms. The largest absolute Gasteiger partial charge is 0.393 e. The van der Waals surface area contributed by atoms with Gasteiger partial charge in [-0.1, -0.05) is 18.2 Å². The number of aryl methyl sites for hydroxylation is 1. The molecule has 0 spiro atoms. The third-order valence-electron chi connectivity index (χ3n) is 5.05. The van der Waals surface area contributed by atoms with Crippen molar-refractivity contribution >= 4 is 16.8 Å². The maximum Gasteiger partial charge on any atom is 0.256 e. The molecule has 1 aromatic heterocycles. The number of nitrogens with zero attached hydrogens (tertiary/aromatic N) is 1. The Morgan fingerprint density at radius 2 is 1.90 bits per heavy atom. The molecule has 4 nitrogen and oxygen atoms in total. The van der Waals surface area contributed by atoms with Crippen LogP contribution >= 0.6 is 0 Å². The zero-order chi connectivity index (χ0) is 14.6. The molecule has 2 fully saturated rings. The van der Waals surface area contributed by atoms with Crippen molar-refractivity contribution in [2.45, 2.75) is 50.8 Å². The topological polar surface area (TPSA) is 56.3 Å². The van der Waals surface area contributed by atoms with E-state index in [0.29, 0.717) is 0 Å². The van der Waals surface area contributed by atoms with Crippen molar-refractivity contribution in [3.63, 3.8) is 0 Å². The molecule has 2 aromatic rings. The average molecular weight is 284 g/mol. The van der Waals surface area contributed by atoms with Gasteiger partial charge in [0, 0.05) is 28.7 Å². The van der Waals surface area contributed by atoms with E-state index in [4.69, 9.17) is 0 Å². The van der Waals surface area contributed by atoms with Gasteiger partial charge in [-0.2, -0.15) is 0 Å². The van der Waals surface area contributed by atoms with E-state index in [1.807, 2.05) is 36.1 Å². The van der Waals surface area contributed by atoms with Gasteiger partial charge < -0.3 is 15.0 Å². The monoisotopic (exact) mass is 284 g/mol. The number of nitrogens with one attached hydrogen (secondary N) is 1. The molecule has 0 aliphatic carbocycles. The summed E-state index contributed by atoms with van der Waals surface area (Å²) in [5, 5.41) is 10.9. The van der Waals surface area contributed by atoms with Crippen LogP contribution in [-0.4, -0.2) is 39.1 Å². The fourth-order valence-electron chi connectivity index (χ4n) is 4.16. The van der Waals surface area contributed by atoms with Crippen molar-refractivity contribution in [2.24, 2.45) is 0 Å². The molecule has 2 unspecified atom stereocenters. The number of carbonyl (C=O) groups is 1. The van der Waals surface area contributed by atoms with Crippen LogP contribution in [0.4, 0.5) is 0 Å². The predicted molar refractivity (Wildman–Crippen MR) is 81.3 cm³/mol. The van der Waals surface area contributed by atoms with Gasteiger partial charge in [-0.25, -0.2) is 0 Å². The first-order valence-corrected chi connectivity index (χ1v) is 7.73. The molecule has 1 aromatic carbocycles. The van der Waals surface area contributed by atoms with Crippen LogP contribution in [0.1, 0.15) is 41.7 Å². The van der Waals surface area contributed by atoms with E-state index in [1.165, 1.54) is 0 Å². The van der Waals surface area contributed by atoms with E-state index in [1.54, 1.807) is 0 Å². The number of piperidine rings is 1. The summed E-state index contributed by atoms with van der Waals surface area (Å²) in [5.74, 6) is 0.129. The number of amides is 1. The quantitative estimate of drug-likeness (QED) is 0.845. The molecular formula is C17H20N2O2. The number of aromatic nitrogens is 1. The lowest BCUT2D eigenvalue weighted by atomic mass is 9.98. The number of aromatic amines is 1. The van der Waals surface area contributed by atoms with Crippen LogP contribution in [0, 0.1) is 6.92 Å². The Kier molecular flexibility index (Phi) is 2.82. The first-order valence-electron chi connectivity index (χ1n) is 7.73. The van der Waals surface area contributed by atoms with Crippen molar-refractivity contribution in [3.05, 3.63) is 35.5 Å². The Bertz CT molecular complexity index is 692. The SMILES string of the molecule is Cc1[nH]c2ccccc2c1C(=O)N1C2CCC1CC(O)C2. The highest BCUT2D eigenvalue weighted by atomic mass is 16.3. The third-order valence-corrected chi connectivity index (χ3v) is 5.05. The molecule has 2 N–H and O–H groups in total. The summed E-state index contributed by atoms with van der Waals surface area (Å²) in [5.41, 5.74) is 2.76. The molecule has 2 saturated heterocycles. The maximum absolute atomic E-state index is 13.1. The summed E-state index contributed by atoms with van der Waals surface area (Å²) < 4.78 is 0. The van der Waals surface area contributed by atoms with Gasteiger partial charge in [0.15, 0.2) is 0 Å². The molecule has 1 amide bonds. The second kappa shape index (κ2) is 4.60. The van der Waals surface area contributed by atoms with Gasteiger partial charge in [0.2, 0.25) is 0 Å². The molecule has 21 heavy (non-hydrogen) atoms. The summed E-state index contributed by atoms with van der Waals surface area (Å²) >= 11 is 0. The van der Waals surface area contributed by atoms with Crippen LogP contribution < -0.4 is 0 Å². The Hall–Kier alpha value is -1.81. The lowest BCUT2D eigenvalue weighted by Crippen LogP contribution is -2.48. The Labute approximate surface area is 123 Å². The van der Waals surface area contributed by atoms with Crippen molar-refractivity contribution < 1.29 is 9.90 Å². The normalized spacial score (nSPS) is 28.3. The van der Waals surface area contributed by atoms with Crippen LogP contribution in [0.3, 0.4) is 0 Å². The number of fused-ring (bicyclic) bond motifs is 3. The lowest BCUT2D eigenvalue weighted by molar-refractivity contribution is 0.0288. The number of para-hydroxylation sites is 1. The van der Waals surface area contributed by atoms with Crippen LogP contribution in [0.5, 0.6) is 0 Å². The maximum atomic E-state index is 13.1. The molecule has 2 aliphatic rings. The number of aliphatic hydroxyl groups excluding tert-OH is 1. The van der Waals surface area contributed by atoms with E-state index in [-0.39, 0.29) is 24.1 Å². The zero-order valence-electron chi connectivity index (χ0n) is 12.2. The number of hydrogen-bond donors (Lipinski definition) is 2. The van der Waals surface area contributed by atoms with Gasteiger partial charge in [-0.3, -0.25) is 4.79 Å². The number of hydrogen-bond acceptors (Lipinski definition) is 2. The number of H-pyrrole nitrogens is 1. The van der Waals surface area contributed by atoms with Crippen LogP contribution in [-0.2, 0) is 0 Å². The minimum Gasteiger partial charge on any atom is -0.393 e. The van der Waals surface area contributed by atoms with E-state index in [9.17, 15) is 9.90 Å². The lowest BCUT2D eigenvalue weighted by Gasteiger charge is -2.37. The van der Waals surface area contributed by atoms with Crippen molar-refractivity contribution in [3.8, 4) is 0 Å². The Morgan fingerprint density at radius 3 is 2.62 bits per heavy atom. The molecule has 0 radical (unpaired) electrons. The summed E-state index contributed by atoms with van der Waals surface area (Å²) in [6, 6.07) is 8.38. The van der Waals surface area contributed by atoms with E-state index in [0.717, 1.165) is 47.8 Å². The molecule has 3 heterocycles. The van der Waals surface area contributed by atoms with Crippen LogP contribution in [0.2, 0.25) is 0 Å². The number of benzene rings is 1. The summed E-state index contributed by atoms with van der Waals surface area (Å²) in [4.78, 5) is 18.4. The van der Waals surface area contributed by atoms with Gasteiger partial charge in [0.05, 0.1) is 11.7 Å². The first kappa shape index (κ1) is 12.9. The second-order valence-corrected chi connectivity index (χ2v) is 6.39. The van der Waals surface area contributed by atoms with Gasteiger partial charge in [-0.05, 0) is 38.7 Å². The molecule has 2 aliphatic heterocycles. The number of carbonyl (C=O) groups excluding carboxylic acids is 1. The fourth-order valence-corrected chi connectivity index (χ4v) is 4.16. The van der Waals surface area contributed by atoms with Gasteiger partial charge in [-0.15, -0.1) is 0 Å². The highest BCUT2D eigenvalue weighted by Gasteiger charge is 2.43. The molecule has 2 atom stereocenters. The van der Waals surface area contributed by atoms with Crippen molar-refractivity contribution in [1.82, 2.24) is 9.88 Å². The van der Waals surface area contributed by atoms with Crippen LogP contribution in [0.15, 0.2) is 24.3 Å². The smallest absolute Gasteiger partial charge is 0.256 e. The molecule has 110 valence electrons. The Balaban J connectivity index is 1.76. The van der Waals surface area contributed by atoms with Crippen LogP contribution in [0.25, 0.3) is 10.9 Å². The Morgan fingerprint density at radius 1 is 1.24 bits per heavy atom. The molecule has 4 rings (SSSR count). The highest BCUT2D eigenvalue weighted by molar-refractivity contribution is 6.08. The van der Waals surface area contributed by atoms with Crippen molar-refractivity contribution in [1.29, 1.82) is 0 Å². The standard InChI is InChI=1S/C17H20N2O2/c1-10-16(14-4-2-3-5-15(14)18-10)17(21)19-11-6-7-12(19)9-13(20)8-11/h2-5,11-13,18,20H,6-9H2,1H3. The molecule has 0 saturated carbocycles. The number of rotatable bonds is 1. The third kappa shape index (κ3) is 1.89. The van der Waals surface area contributed by atoms with Gasteiger partial charge in [0.1, 0.15) is 0 Å². The predicted octanol–water partition coefficient (Wildman–Crippen LogP) is 2.60. The highest BCUT2D eigenvalue weighted by Crippen LogP contribution is 2.38.